The normalized spacial score (nSPS) is 34.4. The maximum absolute atomic E-state index is 4.75. The Balaban J connectivity index is 2.13. The van der Waals surface area contributed by atoms with Gasteiger partial charge in [-0.1, -0.05) is 82.9 Å². The van der Waals surface area contributed by atoms with E-state index in [-0.39, 0.29) is 16.2 Å². The highest BCUT2D eigenvalue weighted by Gasteiger charge is 2.64. The Morgan fingerprint density at radius 3 is 2.12 bits per heavy atom. The molecule has 0 heterocycles. The summed E-state index contributed by atoms with van der Waals surface area (Å²) in [6.07, 6.45) is 1.05. The molecule has 0 bridgehead atoms. The van der Waals surface area contributed by atoms with Crippen LogP contribution in [0.25, 0.3) is 11.1 Å². The molecule has 0 aliphatic heterocycles. The Morgan fingerprint density at radius 2 is 1.56 bits per heavy atom. The van der Waals surface area contributed by atoms with E-state index in [2.05, 4.69) is 81.0 Å². The number of aryl methyl sites for hydroxylation is 1. The van der Waals surface area contributed by atoms with Gasteiger partial charge in [0.1, 0.15) is 0 Å². The van der Waals surface area contributed by atoms with Crippen LogP contribution in [-0.4, -0.2) is 0 Å². The van der Waals surface area contributed by atoms with E-state index in [0.29, 0.717) is 5.92 Å². The second-order valence-corrected chi connectivity index (χ2v) is 11.4. The van der Waals surface area contributed by atoms with Gasteiger partial charge in [0, 0.05) is 10.8 Å². The van der Waals surface area contributed by atoms with Crippen molar-refractivity contribution in [2.75, 3.05) is 0 Å². The first kappa shape index (κ1) is 22.8. The molecule has 32 heavy (non-hydrogen) atoms. The molecule has 1 aromatic carbocycles. The van der Waals surface area contributed by atoms with Gasteiger partial charge in [-0.05, 0) is 102 Å². The van der Waals surface area contributed by atoms with Gasteiger partial charge < -0.3 is 0 Å². The Morgan fingerprint density at radius 1 is 0.969 bits per heavy atom. The predicted octanol–water partition coefficient (Wildman–Crippen LogP) is 9.18. The van der Waals surface area contributed by atoms with E-state index in [0.717, 1.165) is 12.0 Å². The van der Waals surface area contributed by atoms with Gasteiger partial charge in [0.2, 0.25) is 0 Å². The van der Waals surface area contributed by atoms with Crippen LogP contribution in [0.4, 0.5) is 0 Å². The van der Waals surface area contributed by atoms with Gasteiger partial charge in [0.05, 0.1) is 0 Å². The van der Waals surface area contributed by atoms with Crippen molar-refractivity contribution in [1.82, 2.24) is 0 Å². The quantitative estimate of drug-likeness (QED) is 0.421. The van der Waals surface area contributed by atoms with Crippen LogP contribution in [0.3, 0.4) is 0 Å². The lowest BCUT2D eigenvalue weighted by Gasteiger charge is -2.66. The number of rotatable bonds is 1. The molecule has 4 atom stereocenters. The molecule has 0 radical (unpaired) electrons. The van der Waals surface area contributed by atoms with E-state index in [4.69, 9.17) is 19.7 Å². The van der Waals surface area contributed by atoms with E-state index in [9.17, 15) is 0 Å². The molecule has 4 rings (SSSR count). The highest BCUT2D eigenvalue weighted by Crippen LogP contribution is 2.74. The van der Waals surface area contributed by atoms with Crippen LogP contribution in [0, 0.1) is 36.0 Å². The smallest absolute Gasteiger partial charge is 0.0212 e. The summed E-state index contributed by atoms with van der Waals surface area (Å²) in [4.78, 5) is 0. The SMILES string of the molecule is C=C(C)C1=C(C)C[C@@]2(C)[C@H](C)[C@@]3(C)C(=C)c4ccc(C)c(C)c4C(=C)C3=C(C)[C@@]2(C)C1=C. The first-order chi connectivity index (χ1) is 14.7. The fourth-order valence-corrected chi connectivity index (χ4v) is 7.84. The van der Waals surface area contributed by atoms with Crippen LogP contribution in [-0.2, 0) is 0 Å². The number of hydrogen-bond donors (Lipinski definition) is 0. The molecular weight excluding hydrogens is 384 g/mol. The van der Waals surface area contributed by atoms with E-state index in [1.807, 2.05) is 0 Å². The van der Waals surface area contributed by atoms with Crippen molar-refractivity contribution in [3.05, 3.63) is 94.1 Å². The van der Waals surface area contributed by atoms with Crippen LogP contribution < -0.4 is 0 Å². The Labute approximate surface area is 196 Å². The minimum absolute atomic E-state index is 0.0237. The van der Waals surface area contributed by atoms with E-state index >= 15 is 0 Å². The van der Waals surface area contributed by atoms with Crippen molar-refractivity contribution in [3.8, 4) is 0 Å². The first-order valence-corrected chi connectivity index (χ1v) is 11.9. The van der Waals surface area contributed by atoms with Gasteiger partial charge in [0.25, 0.3) is 0 Å². The molecule has 168 valence electrons. The average molecular weight is 425 g/mol. The Hall–Kier alpha value is -2.34. The molecule has 0 N–H and O–H groups in total. The molecule has 0 heteroatoms. The highest BCUT2D eigenvalue weighted by atomic mass is 14.7. The molecule has 3 aliphatic carbocycles. The molecule has 0 unspecified atom stereocenters. The Bertz CT molecular complexity index is 1210. The largest absolute Gasteiger partial charge is 0.0955 e. The minimum atomic E-state index is -0.161. The van der Waals surface area contributed by atoms with Gasteiger partial charge in [-0.3, -0.25) is 0 Å². The highest BCUT2D eigenvalue weighted by molar-refractivity contribution is 5.98. The van der Waals surface area contributed by atoms with Crippen LogP contribution in [0.2, 0.25) is 0 Å². The lowest BCUT2D eigenvalue weighted by atomic mass is 9.37. The Kier molecular flexibility index (Phi) is 4.71. The number of fused-ring (bicyclic) bond motifs is 3. The van der Waals surface area contributed by atoms with Crippen molar-refractivity contribution in [3.63, 3.8) is 0 Å². The molecule has 0 saturated carbocycles. The number of hydrogen-bond acceptors (Lipinski definition) is 0. The van der Waals surface area contributed by atoms with E-state index in [1.165, 1.54) is 61.3 Å². The molecule has 0 nitrogen and oxygen atoms in total. The molecule has 0 fully saturated rings. The molecule has 1 aromatic rings. The zero-order valence-corrected chi connectivity index (χ0v) is 21.8. The summed E-state index contributed by atoms with van der Waals surface area (Å²) in [5, 5.41) is 0. The van der Waals surface area contributed by atoms with Crippen molar-refractivity contribution < 1.29 is 0 Å². The third kappa shape index (κ3) is 2.29. The lowest BCUT2D eigenvalue weighted by Crippen LogP contribution is -2.57. The van der Waals surface area contributed by atoms with Crippen molar-refractivity contribution in [2.24, 2.45) is 22.2 Å². The minimum Gasteiger partial charge on any atom is -0.0955 e. The van der Waals surface area contributed by atoms with Gasteiger partial charge in [0.15, 0.2) is 0 Å². The van der Waals surface area contributed by atoms with Gasteiger partial charge in [-0.15, -0.1) is 0 Å². The molecule has 0 saturated heterocycles. The lowest BCUT2D eigenvalue weighted by molar-refractivity contribution is 0.00626. The monoisotopic (exact) mass is 424 g/mol. The predicted molar refractivity (Wildman–Crippen MR) is 141 cm³/mol. The fourth-order valence-electron chi connectivity index (χ4n) is 7.84. The molecule has 0 amide bonds. The van der Waals surface area contributed by atoms with Crippen molar-refractivity contribution in [2.45, 2.75) is 68.7 Å². The third-order valence-electron chi connectivity index (χ3n) is 10.3. The van der Waals surface area contributed by atoms with Gasteiger partial charge in [-0.2, -0.15) is 0 Å². The van der Waals surface area contributed by atoms with Crippen molar-refractivity contribution in [1.29, 1.82) is 0 Å². The molecule has 0 aromatic heterocycles. The molecule has 0 spiro atoms. The molecular formula is C32H40. The molecule has 3 aliphatic rings. The maximum Gasteiger partial charge on any atom is 0.0212 e. The van der Waals surface area contributed by atoms with Crippen LogP contribution in [0.15, 0.2) is 71.9 Å². The third-order valence-corrected chi connectivity index (χ3v) is 10.3. The first-order valence-electron chi connectivity index (χ1n) is 11.9. The average Bonchev–Trinajstić information content (AvgIpc) is 2.70. The number of benzene rings is 1. The summed E-state index contributed by atoms with van der Waals surface area (Å²) in [5.74, 6) is 0.371. The second-order valence-electron chi connectivity index (χ2n) is 11.4. The zero-order chi connectivity index (χ0) is 24.1. The van der Waals surface area contributed by atoms with Gasteiger partial charge in [-0.25, -0.2) is 0 Å². The van der Waals surface area contributed by atoms with Gasteiger partial charge >= 0.3 is 0 Å². The standard InChI is InChI=1S/C32H40/c1-17(2)27-19(4)16-30(11)25(10)31(12)22(7)26-15-14-18(3)20(5)28(26)21(6)29(31)24(9)32(30,13)23(27)8/h14-15,25H,1,6-8,16H2,2-5,9-13H3/t25-,30-,31+,32+/m0/s1. The van der Waals surface area contributed by atoms with E-state index < -0.39 is 0 Å². The van der Waals surface area contributed by atoms with Crippen LogP contribution in [0.1, 0.15) is 77.1 Å². The fraction of sp³-hybridized carbons (Fsp3) is 0.438. The maximum atomic E-state index is 4.75. The summed E-state index contributed by atoms with van der Waals surface area (Å²) in [6, 6.07) is 4.51. The summed E-state index contributed by atoms with van der Waals surface area (Å²) in [7, 11) is 0. The summed E-state index contributed by atoms with van der Waals surface area (Å²) >= 11 is 0. The van der Waals surface area contributed by atoms with Crippen LogP contribution in [0.5, 0.6) is 0 Å². The van der Waals surface area contributed by atoms with Crippen molar-refractivity contribution >= 4 is 11.1 Å². The zero-order valence-electron chi connectivity index (χ0n) is 21.8. The second kappa shape index (κ2) is 6.60. The van der Waals surface area contributed by atoms with E-state index in [1.54, 1.807) is 0 Å². The topological polar surface area (TPSA) is 0 Å². The summed E-state index contributed by atoms with van der Waals surface area (Å²) in [6.45, 7) is 39.5. The summed E-state index contributed by atoms with van der Waals surface area (Å²) < 4.78 is 0. The summed E-state index contributed by atoms with van der Waals surface area (Å²) in [5.41, 5.74) is 15.2. The van der Waals surface area contributed by atoms with Crippen LogP contribution >= 0.6 is 0 Å². The number of allylic oxidation sites excluding steroid dienone is 8.